The van der Waals surface area contributed by atoms with Crippen molar-refractivity contribution in [2.24, 2.45) is 4.99 Å². The van der Waals surface area contributed by atoms with E-state index in [1.54, 1.807) is 18.3 Å². The number of nitrogens with zero attached hydrogens (tertiary/aromatic N) is 2. The summed E-state index contributed by atoms with van der Waals surface area (Å²) in [7, 11) is 0. The van der Waals surface area contributed by atoms with Crippen molar-refractivity contribution in [1.29, 1.82) is 0 Å². The van der Waals surface area contributed by atoms with Crippen LogP contribution in [0.1, 0.15) is 24.5 Å². The van der Waals surface area contributed by atoms with Gasteiger partial charge in [0.2, 0.25) is 0 Å². The number of carbonyl (C=O) groups is 1. The van der Waals surface area contributed by atoms with Crippen LogP contribution in [0, 0.1) is 0 Å². The zero-order chi connectivity index (χ0) is 11.8. The van der Waals surface area contributed by atoms with E-state index in [0.717, 1.165) is 22.2 Å². The first-order valence-electron chi connectivity index (χ1n) is 4.96. The molecule has 0 spiro atoms. The molecule has 1 aromatic rings. The lowest BCUT2D eigenvalue weighted by molar-refractivity contribution is -0.141. The van der Waals surface area contributed by atoms with E-state index in [9.17, 15) is 4.79 Å². The van der Waals surface area contributed by atoms with Crippen LogP contribution >= 0.6 is 23.1 Å². The first-order valence-corrected chi connectivity index (χ1v) is 6.82. The van der Waals surface area contributed by atoms with Crippen LogP contribution in [-0.2, 0) is 11.2 Å². The van der Waals surface area contributed by atoms with Crippen LogP contribution in [-0.4, -0.2) is 32.4 Å². The normalized spacial score (nSPS) is 24.5. The van der Waals surface area contributed by atoms with Gasteiger partial charge in [-0.1, -0.05) is 6.92 Å². The summed E-state index contributed by atoms with van der Waals surface area (Å²) in [6.07, 6.45) is 0.902. The predicted octanol–water partition coefficient (Wildman–Crippen LogP) is 2.04. The smallest absolute Gasteiger partial charge is 0.332 e. The molecular weight excluding hydrogens is 244 g/mol. The zero-order valence-corrected chi connectivity index (χ0v) is 10.7. The maximum atomic E-state index is 11.0. The van der Waals surface area contributed by atoms with E-state index in [2.05, 4.69) is 9.98 Å². The van der Waals surface area contributed by atoms with Gasteiger partial charge in [0.25, 0.3) is 0 Å². The van der Waals surface area contributed by atoms with Gasteiger partial charge in [0.15, 0.2) is 5.54 Å². The molecule has 0 radical (unpaired) electrons. The highest BCUT2D eigenvalue weighted by Gasteiger charge is 2.38. The Bertz CT molecular complexity index is 455. The van der Waals surface area contributed by atoms with Gasteiger partial charge in [-0.05, 0) is 13.3 Å². The molecule has 4 nitrogen and oxygen atoms in total. The summed E-state index contributed by atoms with van der Waals surface area (Å²) in [6, 6.07) is 0. The number of carboxylic acid groups (broad SMARTS) is 1. The van der Waals surface area contributed by atoms with E-state index >= 15 is 0 Å². The molecule has 2 rings (SSSR count). The monoisotopic (exact) mass is 256 g/mol. The fourth-order valence-electron chi connectivity index (χ4n) is 1.31. The van der Waals surface area contributed by atoms with E-state index in [-0.39, 0.29) is 0 Å². The molecule has 1 atom stereocenters. The maximum Gasteiger partial charge on any atom is 0.332 e. The van der Waals surface area contributed by atoms with Gasteiger partial charge in [0, 0.05) is 11.1 Å². The number of rotatable bonds is 3. The maximum absolute atomic E-state index is 11.0. The zero-order valence-electron chi connectivity index (χ0n) is 9.06. The molecule has 0 amide bonds. The number of hydrogen-bond donors (Lipinski definition) is 1. The third kappa shape index (κ3) is 1.99. The number of aryl methyl sites for hydroxylation is 1. The summed E-state index contributed by atoms with van der Waals surface area (Å²) in [6.45, 7) is 3.69. The molecule has 2 heterocycles. The van der Waals surface area contributed by atoms with Gasteiger partial charge in [-0.25, -0.2) is 9.78 Å². The molecule has 0 aliphatic carbocycles. The summed E-state index contributed by atoms with van der Waals surface area (Å²) in [5, 5.41) is 12.8. The topological polar surface area (TPSA) is 62.5 Å². The van der Waals surface area contributed by atoms with Crippen molar-refractivity contribution in [1.82, 2.24) is 4.98 Å². The summed E-state index contributed by atoms with van der Waals surface area (Å²) in [5.41, 5.74) is -0.174. The minimum Gasteiger partial charge on any atom is -0.479 e. The Morgan fingerprint density at radius 2 is 2.44 bits per heavy atom. The second-order valence-electron chi connectivity index (χ2n) is 3.76. The van der Waals surface area contributed by atoms with Crippen LogP contribution in [0.15, 0.2) is 10.4 Å². The largest absolute Gasteiger partial charge is 0.479 e. The van der Waals surface area contributed by atoms with E-state index in [4.69, 9.17) is 5.11 Å². The Morgan fingerprint density at radius 3 is 2.94 bits per heavy atom. The van der Waals surface area contributed by atoms with Crippen LogP contribution in [0.5, 0.6) is 0 Å². The lowest BCUT2D eigenvalue weighted by atomic mass is 10.1. The molecule has 16 heavy (non-hydrogen) atoms. The Morgan fingerprint density at radius 1 is 1.69 bits per heavy atom. The van der Waals surface area contributed by atoms with E-state index in [0.29, 0.717) is 5.75 Å². The van der Waals surface area contributed by atoms with E-state index in [1.807, 2.05) is 12.3 Å². The molecule has 0 aromatic carbocycles. The van der Waals surface area contributed by atoms with Gasteiger partial charge < -0.3 is 5.11 Å². The molecule has 0 bridgehead atoms. The van der Waals surface area contributed by atoms with Gasteiger partial charge in [-0.15, -0.1) is 23.1 Å². The molecule has 0 saturated heterocycles. The molecular formula is C10H12N2O2S2. The van der Waals surface area contributed by atoms with Crippen molar-refractivity contribution >= 4 is 34.1 Å². The third-order valence-corrected chi connectivity index (χ3v) is 4.65. The summed E-state index contributed by atoms with van der Waals surface area (Å²) in [4.78, 5) is 19.7. The Labute approximate surface area is 102 Å². The number of aliphatic carboxylic acids is 1. The van der Waals surface area contributed by atoms with Gasteiger partial charge in [0.05, 0.1) is 5.01 Å². The third-order valence-electron chi connectivity index (χ3n) is 2.37. The van der Waals surface area contributed by atoms with Gasteiger partial charge in [-0.3, -0.25) is 4.99 Å². The quantitative estimate of drug-likeness (QED) is 0.899. The molecule has 0 saturated carbocycles. The van der Waals surface area contributed by atoms with Crippen molar-refractivity contribution in [3.05, 3.63) is 16.1 Å². The Kier molecular flexibility index (Phi) is 3.03. The second-order valence-corrected chi connectivity index (χ2v) is 5.67. The number of hydrogen-bond acceptors (Lipinski definition) is 5. The standard InChI is InChI=1S/C10H12N2O2S2/c1-3-7-11-6(4-15-7)8-12-10(2,5-16-8)9(13)14/h4H,3,5H2,1-2H3,(H,13,14)/t10-/m0/s1. The average Bonchev–Trinajstić information content (AvgIpc) is 2.84. The summed E-state index contributed by atoms with van der Waals surface area (Å²) in [5.74, 6) is -0.391. The van der Waals surface area contributed by atoms with E-state index in [1.165, 1.54) is 11.8 Å². The Hall–Kier alpha value is -0.880. The van der Waals surface area contributed by atoms with Crippen molar-refractivity contribution in [3.63, 3.8) is 0 Å². The predicted molar refractivity (Wildman–Crippen MR) is 66.5 cm³/mol. The van der Waals surface area contributed by atoms with Crippen molar-refractivity contribution in [2.75, 3.05) is 5.75 Å². The summed E-state index contributed by atoms with van der Waals surface area (Å²) < 4.78 is 0. The molecule has 6 heteroatoms. The molecule has 1 aliphatic heterocycles. The molecule has 86 valence electrons. The summed E-state index contributed by atoms with van der Waals surface area (Å²) >= 11 is 3.06. The van der Waals surface area contributed by atoms with Crippen LogP contribution in [0.4, 0.5) is 0 Å². The van der Waals surface area contributed by atoms with Gasteiger partial charge in [-0.2, -0.15) is 0 Å². The second kappa shape index (κ2) is 4.18. The number of aromatic nitrogens is 1. The van der Waals surface area contributed by atoms with Gasteiger partial charge in [0.1, 0.15) is 10.7 Å². The molecule has 0 unspecified atom stereocenters. The lowest BCUT2D eigenvalue weighted by Gasteiger charge is -2.11. The number of carboxylic acids is 1. The first kappa shape index (κ1) is 11.6. The average molecular weight is 256 g/mol. The fourth-order valence-corrected chi connectivity index (χ4v) is 3.24. The van der Waals surface area contributed by atoms with Gasteiger partial charge >= 0.3 is 5.97 Å². The Balaban J connectivity index is 2.27. The minimum atomic E-state index is -0.990. The molecule has 1 aliphatic rings. The number of aliphatic imine (C=N–C) groups is 1. The van der Waals surface area contributed by atoms with Crippen LogP contribution in [0.3, 0.4) is 0 Å². The van der Waals surface area contributed by atoms with Crippen LogP contribution in [0.2, 0.25) is 0 Å². The SMILES string of the molecule is CCc1nc(C2=N[C@](C)(C(=O)O)CS2)cs1. The van der Waals surface area contributed by atoms with Crippen molar-refractivity contribution in [3.8, 4) is 0 Å². The van der Waals surface area contributed by atoms with Crippen molar-refractivity contribution in [2.45, 2.75) is 25.8 Å². The number of thiazole rings is 1. The highest BCUT2D eigenvalue weighted by Crippen LogP contribution is 2.31. The molecule has 1 aromatic heterocycles. The lowest BCUT2D eigenvalue weighted by Crippen LogP contribution is -2.33. The highest BCUT2D eigenvalue weighted by molar-refractivity contribution is 8.14. The molecule has 1 N–H and O–H groups in total. The van der Waals surface area contributed by atoms with Crippen molar-refractivity contribution < 1.29 is 9.90 Å². The molecule has 0 fully saturated rings. The highest BCUT2D eigenvalue weighted by atomic mass is 32.2. The van der Waals surface area contributed by atoms with Crippen LogP contribution < -0.4 is 0 Å². The van der Waals surface area contributed by atoms with Crippen LogP contribution in [0.25, 0.3) is 0 Å². The van der Waals surface area contributed by atoms with E-state index < -0.39 is 11.5 Å². The number of thioether (sulfide) groups is 1. The first-order chi connectivity index (χ1) is 7.55. The minimum absolute atomic E-state index is 0.483. The fraction of sp³-hybridized carbons (Fsp3) is 0.500.